The molecule has 4 amide bonds. The average molecular weight is 527 g/mol. The van der Waals surface area contributed by atoms with Crippen LogP contribution in [0.2, 0.25) is 10.0 Å². The van der Waals surface area contributed by atoms with Crippen LogP contribution in [0.4, 0.5) is 10.5 Å². The highest BCUT2D eigenvalue weighted by molar-refractivity contribution is 6.39. The third-order valence-electron chi connectivity index (χ3n) is 5.35. The number of barbiturate groups is 1. The topological polar surface area (TPSA) is 94.2 Å². The number of urea groups is 1. The lowest BCUT2D eigenvalue weighted by atomic mass is 10.1. The molecule has 0 aromatic heterocycles. The smallest absolute Gasteiger partial charge is 0.335 e. The molecule has 1 fully saturated rings. The number of ether oxygens (including phenoxy) is 3. The molecule has 184 valence electrons. The predicted molar refractivity (Wildman–Crippen MR) is 136 cm³/mol. The van der Waals surface area contributed by atoms with E-state index in [1.54, 1.807) is 60.7 Å². The molecule has 0 bridgehead atoms. The zero-order valence-electron chi connectivity index (χ0n) is 19.2. The van der Waals surface area contributed by atoms with E-state index < -0.39 is 17.8 Å². The van der Waals surface area contributed by atoms with E-state index in [4.69, 9.17) is 37.4 Å². The highest BCUT2D eigenvalue weighted by Crippen LogP contribution is 2.31. The average Bonchev–Trinajstić information content (AvgIpc) is 2.86. The lowest BCUT2D eigenvalue weighted by Gasteiger charge is -2.26. The zero-order valence-corrected chi connectivity index (χ0v) is 20.7. The van der Waals surface area contributed by atoms with Gasteiger partial charge in [-0.25, -0.2) is 9.69 Å². The summed E-state index contributed by atoms with van der Waals surface area (Å²) in [5, 5.41) is 3.13. The number of carbonyl (C=O) groups excluding carboxylic acids is 3. The third-order valence-corrected chi connectivity index (χ3v) is 5.94. The molecule has 0 spiro atoms. The first-order chi connectivity index (χ1) is 17.3. The number of amides is 4. The van der Waals surface area contributed by atoms with Crippen LogP contribution < -0.4 is 24.4 Å². The van der Waals surface area contributed by atoms with E-state index in [0.29, 0.717) is 38.4 Å². The number of benzene rings is 3. The first-order valence-corrected chi connectivity index (χ1v) is 11.4. The molecule has 1 aliphatic heterocycles. The molecule has 0 aliphatic carbocycles. The minimum atomic E-state index is -0.851. The molecule has 3 aromatic carbocycles. The fraction of sp³-hybridized carbons (Fsp3) is 0.115. The Morgan fingerprint density at radius 2 is 1.58 bits per heavy atom. The second-order valence-electron chi connectivity index (χ2n) is 7.58. The molecule has 4 rings (SSSR count). The fourth-order valence-corrected chi connectivity index (χ4v) is 3.92. The Balaban J connectivity index is 1.67. The van der Waals surface area contributed by atoms with Crippen molar-refractivity contribution in [2.75, 3.05) is 19.1 Å². The Kier molecular flexibility index (Phi) is 7.47. The summed E-state index contributed by atoms with van der Waals surface area (Å²) < 4.78 is 16.4. The number of hydrogen-bond donors (Lipinski definition) is 1. The van der Waals surface area contributed by atoms with Crippen LogP contribution >= 0.6 is 23.2 Å². The van der Waals surface area contributed by atoms with E-state index >= 15 is 0 Å². The van der Waals surface area contributed by atoms with Crippen molar-refractivity contribution in [2.45, 2.75) is 6.61 Å². The molecular weight excluding hydrogens is 507 g/mol. The number of rotatable bonds is 7. The minimum absolute atomic E-state index is 0.0932. The second-order valence-corrected chi connectivity index (χ2v) is 8.43. The van der Waals surface area contributed by atoms with Crippen LogP contribution in [-0.2, 0) is 16.2 Å². The maximum atomic E-state index is 13.2. The molecule has 8 nitrogen and oxygen atoms in total. The molecule has 0 saturated carbocycles. The van der Waals surface area contributed by atoms with Gasteiger partial charge in [-0.15, -0.1) is 0 Å². The lowest BCUT2D eigenvalue weighted by Crippen LogP contribution is -2.54. The van der Waals surface area contributed by atoms with Crippen molar-refractivity contribution < 1.29 is 28.6 Å². The Hall–Kier alpha value is -4.01. The quantitative estimate of drug-likeness (QED) is 0.333. The molecule has 1 N–H and O–H groups in total. The number of carbonyl (C=O) groups is 3. The summed E-state index contributed by atoms with van der Waals surface area (Å²) in [7, 11) is 3.01. The molecule has 36 heavy (non-hydrogen) atoms. The summed E-state index contributed by atoms with van der Waals surface area (Å²) in [4.78, 5) is 39.2. The van der Waals surface area contributed by atoms with Gasteiger partial charge in [-0.2, -0.15) is 0 Å². The Bertz CT molecular complexity index is 1370. The Labute approximate surface area is 217 Å². The first-order valence-electron chi connectivity index (χ1n) is 10.6. The van der Waals surface area contributed by atoms with Crippen molar-refractivity contribution in [1.29, 1.82) is 0 Å². The molecule has 1 aliphatic rings. The molecule has 10 heteroatoms. The van der Waals surface area contributed by atoms with Crippen LogP contribution in [0.25, 0.3) is 6.08 Å². The van der Waals surface area contributed by atoms with Gasteiger partial charge in [0.1, 0.15) is 29.4 Å². The minimum Gasteiger partial charge on any atom is -0.497 e. The van der Waals surface area contributed by atoms with Gasteiger partial charge in [0.25, 0.3) is 11.8 Å². The molecule has 1 saturated heterocycles. The SMILES string of the molecule is COc1ccc(N2C(=O)NC(=O)/C(=C\c3ccc(OC)cc3OCc3ccc(Cl)cc3Cl)C2=O)cc1. The van der Waals surface area contributed by atoms with E-state index in [0.717, 1.165) is 4.90 Å². The van der Waals surface area contributed by atoms with Crippen LogP contribution in [0, 0.1) is 0 Å². The van der Waals surface area contributed by atoms with Crippen molar-refractivity contribution in [2.24, 2.45) is 0 Å². The maximum Gasteiger partial charge on any atom is 0.335 e. The van der Waals surface area contributed by atoms with Crippen LogP contribution in [0.1, 0.15) is 11.1 Å². The molecule has 0 radical (unpaired) electrons. The van der Waals surface area contributed by atoms with Crippen LogP contribution in [0.3, 0.4) is 0 Å². The maximum absolute atomic E-state index is 13.2. The highest BCUT2D eigenvalue weighted by Gasteiger charge is 2.37. The van der Waals surface area contributed by atoms with Crippen molar-refractivity contribution in [3.8, 4) is 17.2 Å². The standard InChI is InChI=1S/C26H20Cl2N2O6/c1-34-19-9-6-18(7-10-19)30-25(32)21(24(31)29-26(30)33)11-15-4-8-20(35-2)13-23(15)36-14-16-3-5-17(27)12-22(16)28/h3-13H,14H2,1-2H3,(H,29,31,33)/b21-11+. The van der Waals surface area contributed by atoms with Gasteiger partial charge in [-0.1, -0.05) is 29.3 Å². The predicted octanol–water partition coefficient (Wildman–Crippen LogP) is 5.26. The van der Waals surface area contributed by atoms with Gasteiger partial charge in [-0.3, -0.25) is 14.9 Å². The highest BCUT2D eigenvalue weighted by atomic mass is 35.5. The van der Waals surface area contributed by atoms with E-state index in [1.165, 1.54) is 20.3 Å². The summed E-state index contributed by atoms with van der Waals surface area (Å²) >= 11 is 12.2. The first kappa shape index (κ1) is 25.1. The second kappa shape index (κ2) is 10.7. The van der Waals surface area contributed by atoms with Crippen LogP contribution in [-0.4, -0.2) is 32.1 Å². The molecule has 0 atom stereocenters. The largest absolute Gasteiger partial charge is 0.497 e. The van der Waals surface area contributed by atoms with Crippen LogP contribution in [0.5, 0.6) is 17.2 Å². The summed E-state index contributed by atoms with van der Waals surface area (Å²) in [5.74, 6) is -0.213. The number of hydrogen-bond acceptors (Lipinski definition) is 6. The molecule has 1 heterocycles. The number of imide groups is 2. The van der Waals surface area contributed by atoms with Crippen molar-refractivity contribution in [1.82, 2.24) is 5.32 Å². The Morgan fingerprint density at radius 1 is 0.889 bits per heavy atom. The number of methoxy groups -OCH3 is 2. The van der Waals surface area contributed by atoms with Gasteiger partial charge in [0.05, 0.1) is 19.9 Å². The van der Waals surface area contributed by atoms with Gasteiger partial charge in [-0.05, 0) is 54.6 Å². The van der Waals surface area contributed by atoms with Crippen molar-refractivity contribution in [3.63, 3.8) is 0 Å². The monoisotopic (exact) mass is 526 g/mol. The third kappa shape index (κ3) is 5.30. The van der Waals surface area contributed by atoms with Gasteiger partial charge in [0, 0.05) is 27.2 Å². The number of halogens is 2. The summed E-state index contributed by atoms with van der Waals surface area (Å²) in [6.45, 7) is 0.0932. The fourth-order valence-electron chi connectivity index (χ4n) is 3.46. The lowest BCUT2D eigenvalue weighted by molar-refractivity contribution is -0.122. The van der Waals surface area contributed by atoms with Gasteiger partial charge >= 0.3 is 6.03 Å². The Morgan fingerprint density at radius 3 is 2.25 bits per heavy atom. The summed E-state index contributed by atoms with van der Waals surface area (Å²) in [6, 6.07) is 15.4. The molecular formula is C26H20Cl2N2O6. The van der Waals surface area contributed by atoms with E-state index in [9.17, 15) is 14.4 Å². The zero-order chi connectivity index (χ0) is 25.8. The van der Waals surface area contributed by atoms with Crippen LogP contribution in [0.15, 0.2) is 66.2 Å². The van der Waals surface area contributed by atoms with E-state index in [1.807, 2.05) is 0 Å². The number of nitrogens with one attached hydrogen (secondary N) is 1. The number of nitrogens with zero attached hydrogens (tertiary/aromatic N) is 1. The van der Waals surface area contributed by atoms with Crippen molar-refractivity contribution in [3.05, 3.63) is 87.4 Å². The number of anilines is 1. The molecule has 0 unspecified atom stereocenters. The van der Waals surface area contributed by atoms with Gasteiger partial charge < -0.3 is 14.2 Å². The molecule has 3 aromatic rings. The van der Waals surface area contributed by atoms with Gasteiger partial charge in [0.15, 0.2) is 0 Å². The normalized spacial score (nSPS) is 14.6. The van der Waals surface area contributed by atoms with Crippen molar-refractivity contribution >= 4 is 52.8 Å². The van der Waals surface area contributed by atoms with E-state index in [-0.39, 0.29) is 17.9 Å². The summed E-state index contributed by atoms with van der Waals surface area (Å²) in [5.41, 5.74) is 1.14. The summed E-state index contributed by atoms with van der Waals surface area (Å²) in [6.07, 6.45) is 1.36. The van der Waals surface area contributed by atoms with Gasteiger partial charge in [0.2, 0.25) is 0 Å². The van der Waals surface area contributed by atoms with E-state index in [2.05, 4.69) is 5.32 Å².